The van der Waals surface area contributed by atoms with Gasteiger partial charge < -0.3 is 10.3 Å². The van der Waals surface area contributed by atoms with Crippen LogP contribution in [0.4, 0.5) is 0 Å². The molecule has 0 saturated heterocycles. The normalized spacial score (nSPS) is 27.2. The Labute approximate surface area is 118 Å². The first-order valence-corrected chi connectivity index (χ1v) is 8.00. The molecule has 0 aliphatic heterocycles. The molecule has 1 heterocycles. The van der Waals surface area contributed by atoms with E-state index in [4.69, 9.17) is 0 Å². The van der Waals surface area contributed by atoms with Gasteiger partial charge in [0.2, 0.25) is 0 Å². The highest BCUT2D eigenvalue weighted by Gasteiger charge is 2.33. The molecule has 0 spiro atoms. The first-order chi connectivity index (χ1) is 9.28. The van der Waals surface area contributed by atoms with Crippen molar-refractivity contribution in [2.75, 3.05) is 6.54 Å². The van der Waals surface area contributed by atoms with Crippen molar-refractivity contribution in [1.82, 2.24) is 15.3 Å². The molecule has 1 aromatic heterocycles. The van der Waals surface area contributed by atoms with E-state index in [0.717, 1.165) is 22.7 Å². The maximum absolute atomic E-state index is 4.67. The molecule has 3 rings (SSSR count). The van der Waals surface area contributed by atoms with E-state index in [9.17, 15) is 0 Å². The fourth-order valence-corrected chi connectivity index (χ4v) is 4.24. The standard InChI is InChI=1S/C15H21N3S/c1-3-16-11-8-9-14(10(11)2)19-15-17-12-6-4-5-7-13(12)18-15/h4-7,10-11,14,16H,3,8-9H2,1-2H3,(H,17,18). The van der Waals surface area contributed by atoms with Crippen LogP contribution in [0, 0.1) is 5.92 Å². The van der Waals surface area contributed by atoms with Gasteiger partial charge in [-0.25, -0.2) is 4.98 Å². The van der Waals surface area contributed by atoms with Crippen LogP contribution < -0.4 is 5.32 Å². The third-order valence-corrected chi connectivity index (χ3v) is 5.46. The molecule has 0 radical (unpaired) electrons. The lowest BCUT2D eigenvalue weighted by molar-refractivity contribution is 0.441. The maximum Gasteiger partial charge on any atom is 0.166 e. The molecule has 102 valence electrons. The van der Waals surface area contributed by atoms with Gasteiger partial charge in [-0.05, 0) is 37.4 Å². The number of hydrogen-bond acceptors (Lipinski definition) is 3. The first kappa shape index (κ1) is 13.0. The van der Waals surface area contributed by atoms with Crippen molar-refractivity contribution >= 4 is 22.8 Å². The highest BCUT2D eigenvalue weighted by molar-refractivity contribution is 7.99. The second kappa shape index (κ2) is 5.55. The Balaban J connectivity index is 1.71. The molecule has 19 heavy (non-hydrogen) atoms. The number of benzene rings is 1. The van der Waals surface area contributed by atoms with E-state index in [1.807, 2.05) is 23.9 Å². The molecule has 4 heteroatoms. The fraction of sp³-hybridized carbons (Fsp3) is 0.533. The molecule has 2 N–H and O–H groups in total. The van der Waals surface area contributed by atoms with E-state index in [1.165, 1.54) is 12.8 Å². The highest BCUT2D eigenvalue weighted by Crippen LogP contribution is 2.38. The van der Waals surface area contributed by atoms with Crippen LogP contribution in [0.15, 0.2) is 29.4 Å². The van der Waals surface area contributed by atoms with E-state index < -0.39 is 0 Å². The average molecular weight is 275 g/mol. The summed E-state index contributed by atoms with van der Waals surface area (Å²) in [4.78, 5) is 8.09. The summed E-state index contributed by atoms with van der Waals surface area (Å²) in [6.07, 6.45) is 2.56. The van der Waals surface area contributed by atoms with Gasteiger partial charge in [-0.2, -0.15) is 0 Å². The number of aromatic amines is 1. The third-order valence-electron chi connectivity index (χ3n) is 4.08. The number of nitrogens with one attached hydrogen (secondary N) is 2. The molecule has 3 atom stereocenters. The minimum atomic E-state index is 0.671. The summed E-state index contributed by atoms with van der Waals surface area (Å²) in [7, 11) is 0. The summed E-state index contributed by atoms with van der Waals surface area (Å²) < 4.78 is 0. The van der Waals surface area contributed by atoms with Crippen molar-refractivity contribution in [3.05, 3.63) is 24.3 Å². The number of nitrogens with zero attached hydrogens (tertiary/aromatic N) is 1. The molecule has 1 aliphatic rings. The number of imidazole rings is 1. The Kier molecular flexibility index (Phi) is 3.80. The summed E-state index contributed by atoms with van der Waals surface area (Å²) in [6.45, 7) is 5.62. The summed E-state index contributed by atoms with van der Waals surface area (Å²) >= 11 is 1.91. The Morgan fingerprint density at radius 1 is 1.37 bits per heavy atom. The van der Waals surface area contributed by atoms with Gasteiger partial charge in [0, 0.05) is 11.3 Å². The molecule has 1 aromatic carbocycles. The van der Waals surface area contributed by atoms with Crippen molar-refractivity contribution in [1.29, 1.82) is 0 Å². The van der Waals surface area contributed by atoms with Crippen LogP contribution >= 0.6 is 11.8 Å². The third kappa shape index (κ3) is 2.65. The Morgan fingerprint density at radius 3 is 3.00 bits per heavy atom. The summed E-state index contributed by atoms with van der Waals surface area (Å²) in [5, 5.41) is 5.33. The van der Waals surface area contributed by atoms with E-state index in [1.54, 1.807) is 0 Å². The first-order valence-electron chi connectivity index (χ1n) is 7.12. The quantitative estimate of drug-likeness (QED) is 0.898. The zero-order valence-electron chi connectivity index (χ0n) is 11.5. The van der Waals surface area contributed by atoms with Crippen LogP contribution in [0.3, 0.4) is 0 Å². The molecular weight excluding hydrogens is 254 g/mol. The molecule has 3 unspecified atom stereocenters. The van der Waals surface area contributed by atoms with Crippen molar-refractivity contribution in [3.8, 4) is 0 Å². The van der Waals surface area contributed by atoms with Crippen molar-refractivity contribution in [2.45, 2.75) is 43.1 Å². The fourth-order valence-electron chi connectivity index (χ4n) is 2.97. The lowest BCUT2D eigenvalue weighted by atomic mass is 10.1. The second-order valence-corrected chi connectivity index (χ2v) is 6.54. The summed E-state index contributed by atoms with van der Waals surface area (Å²) in [5.41, 5.74) is 2.21. The lowest BCUT2D eigenvalue weighted by Gasteiger charge is -2.20. The largest absolute Gasteiger partial charge is 0.333 e. The van der Waals surface area contributed by atoms with Crippen molar-refractivity contribution in [3.63, 3.8) is 0 Å². The zero-order valence-corrected chi connectivity index (χ0v) is 12.3. The number of hydrogen-bond donors (Lipinski definition) is 2. The van der Waals surface area contributed by atoms with Crippen LogP contribution in [-0.2, 0) is 0 Å². The van der Waals surface area contributed by atoms with E-state index in [0.29, 0.717) is 17.2 Å². The zero-order chi connectivity index (χ0) is 13.2. The predicted octanol–water partition coefficient (Wildman–Crippen LogP) is 3.43. The molecule has 3 nitrogen and oxygen atoms in total. The topological polar surface area (TPSA) is 40.7 Å². The van der Waals surface area contributed by atoms with Gasteiger partial charge in [0.15, 0.2) is 5.16 Å². The summed E-state index contributed by atoms with van der Waals surface area (Å²) in [6, 6.07) is 8.92. The number of aromatic nitrogens is 2. The number of thioether (sulfide) groups is 1. The van der Waals surface area contributed by atoms with E-state index in [2.05, 4.69) is 41.3 Å². The van der Waals surface area contributed by atoms with Gasteiger partial charge in [0.05, 0.1) is 11.0 Å². The average Bonchev–Trinajstić information content (AvgIpc) is 2.96. The minimum absolute atomic E-state index is 0.671. The van der Waals surface area contributed by atoms with Crippen molar-refractivity contribution < 1.29 is 0 Å². The molecule has 1 saturated carbocycles. The molecular formula is C15H21N3S. The molecule has 2 aromatic rings. The van der Waals surface area contributed by atoms with Gasteiger partial charge in [-0.1, -0.05) is 37.7 Å². The molecule has 1 fully saturated rings. The SMILES string of the molecule is CCNC1CCC(Sc2nc3ccccc3[nH]2)C1C. The van der Waals surface area contributed by atoms with Gasteiger partial charge in [0.1, 0.15) is 0 Å². The molecule has 1 aliphatic carbocycles. The van der Waals surface area contributed by atoms with Gasteiger partial charge >= 0.3 is 0 Å². The highest BCUT2D eigenvalue weighted by atomic mass is 32.2. The number of fused-ring (bicyclic) bond motifs is 1. The summed E-state index contributed by atoms with van der Waals surface area (Å²) in [5.74, 6) is 0.707. The second-order valence-electron chi connectivity index (χ2n) is 5.32. The van der Waals surface area contributed by atoms with Crippen molar-refractivity contribution in [2.24, 2.45) is 5.92 Å². The van der Waals surface area contributed by atoms with Crippen LogP contribution in [0.2, 0.25) is 0 Å². The number of para-hydroxylation sites is 2. The maximum atomic E-state index is 4.67. The van der Waals surface area contributed by atoms with Gasteiger partial charge in [-0.15, -0.1) is 0 Å². The monoisotopic (exact) mass is 275 g/mol. The van der Waals surface area contributed by atoms with Gasteiger partial charge in [-0.3, -0.25) is 0 Å². The number of rotatable bonds is 4. The van der Waals surface area contributed by atoms with Crippen LogP contribution in [0.5, 0.6) is 0 Å². The van der Waals surface area contributed by atoms with Crippen LogP contribution in [0.1, 0.15) is 26.7 Å². The van der Waals surface area contributed by atoms with E-state index >= 15 is 0 Å². The van der Waals surface area contributed by atoms with Crippen LogP contribution in [-0.4, -0.2) is 27.8 Å². The smallest absolute Gasteiger partial charge is 0.166 e. The Bertz CT molecular complexity index is 518. The van der Waals surface area contributed by atoms with Gasteiger partial charge in [0.25, 0.3) is 0 Å². The Hall–Kier alpha value is -1.00. The molecule has 0 amide bonds. The molecule has 0 bridgehead atoms. The minimum Gasteiger partial charge on any atom is -0.333 e. The number of H-pyrrole nitrogens is 1. The van der Waals surface area contributed by atoms with E-state index in [-0.39, 0.29) is 0 Å². The van der Waals surface area contributed by atoms with Crippen LogP contribution in [0.25, 0.3) is 11.0 Å². The predicted molar refractivity (Wildman–Crippen MR) is 81.6 cm³/mol. The Morgan fingerprint density at radius 2 is 2.21 bits per heavy atom. The lowest BCUT2D eigenvalue weighted by Crippen LogP contribution is -2.33.